The molecule has 8 nitrogen and oxygen atoms in total. The smallest absolute Gasteiger partial charge is 0.310 e. The third-order valence-electron chi connectivity index (χ3n) is 2.66. The summed E-state index contributed by atoms with van der Waals surface area (Å²) in [5.41, 5.74) is 1.00. The molecule has 1 amide bonds. The molecular formula is C11H16N4O4. The van der Waals surface area contributed by atoms with E-state index in [1.54, 1.807) is 0 Å². The fourth-order valence-corrected chi connectivity index (χ4v) is 1.66. The third-order valence-corrected chi connectivity index (χ3v) is 2.66. The minimum atomic E-state index is -0.690. The van der Waals surface area contributed by atoms with Crippen molar-refractivity contribution in [3.05, 3.63) is 38.8 Å². The van der Waals surface area contributed by atoms with E-state index in [-0.39, 0.29) is 5.91 Å². The standard InChI is InChI=1S/C11H16N4O4/c12-13-10(16)6-2-1-3-7-14-8-4-5-9(11(14)17)15(18)19/h4-5,8H,1-3,6-7,12H2,(H,13,16). The van der Waals surface area contributed by atoms with Crippen LogP contribution >= 0.6 is 0 Å². The van der Waals surface area contributed by atoms with Crippen LogP contribution in [0.15, 0.2) is 23.1 Å². The molecule has 0 atom stereocenters. The molecule has 104 valence electrons. The lowest BCUT2D eigenvalue weighted by molar-refractivity contribution is -0.386. The molecular weight excluding hydrogens is 252 g/mol. The Bertz CT molecular complexity index is 512. The van der Waals surface area contributed by atoms with E-state index >= 15 is 0 Å². The van der Waals surface area contributed by atoms with Crippen LogP contribution in [-0.4, -0.2) is 15.4 Å². The first-order valence-corrected chi connectivity index (χ1v) is 5.89. The van der Waals surface area contributed by atoms with Crippen LogP contribution in [0, 0.1) is 10.1 Å². The molecule has 1 aromatic rings. The Balaban J connectivity index is 2.46. The van der Waals surface area contributed by atoms with Gasteiger partial charge in [-0.15, -0.1) is 0 Å². The average molecular weight is 268 g/mol. The van der Waals surface area contributed by atoms with Crippen molar-refractivity contribution in [2.45, 2.75) is 32.2 Å². The lowest BCUT2D eigenvalue weighted by atomic mass is 10.2. The number of aromatic nitrogens is 1. The zero-order valence-corrected chi connectivity index (χ0v) is 10.4. The zero-order chi connectivity index (χ0) is 14.3. The molecule has 0 spiro atoms. The highest BCUT2D eigenvalue weighted by Gasteiger charge is 2.12. The van der Waals surface area contributed by atoms with Gasteiger partial charge in [0, 0.05) is 25.2 Å². The highest BCUT2D eigenvalue weighted by atomic mass is 16.6. The fraction of sp³-hybridized carbons (Fsp3) is 0.455. The molecule has 1 heterocycles. The Morgan fingerprint density at radius 1 is 1.42 bits per heavy atom. The van der Waals surface area contributed by atoms with Gasteiger partial charge in [0.05, 0.1) is 4.92 Å². The van der Waals surface area contributed by atoms with Crippen molar-refractivity contribution >= 4 is 11.6 Å². The predicted octanol–water partition coefficient (Wildman–Crippen LogP) is 0.307. The number of hydrogen-bond acceptors (Lipinski definition) is 5. The van der Waals surface area contributed by atoms with E-state index in [1.807, 2.05) is 5.43 Å². The molecule has 0 aliphatic carbocycles. The second-order valence-electron chi connectivity index (χ2n) is 4.03. The number of nitrogens with two attached hydrogens (primary N) is 1. The van der Waals surface area contributed by atoms with Crippen molar-refractivity contribution in [3.63, 3.8) is 0 Å². The summed E-state index contributed by atoms with van der Waals surface area (Å²) in [4.78, 5) is 32.4. The Morgan fingerprint density at radius 3 is 2.79 bits per heavy atom. The lowest BCUT2D eigenvalue weighted by Crippen LogP contribution is -2.29. The van der Waals surface area contributed by atoms with E-state index in [9.17, 15) is 19.7 Å². The van der Waals surface area contributed by atoms with Crippen LogP contribution in [-0.2, 0) is 11.3 Å². The Kier molecular flexibility index (Phi) is 5.68. The van der Waals surface area contributed by atoms with E-state index in [1.165, 1.54) is 22.9 Å². The maximum Gasteiger partial charge on any atom is 0.334 e. The molecule has 0 saturated heterocycles. The van der Waals surface area contributed by atoms with Crippen LogP contribution < -0.4 is 16.8 Å². The summed E-state index contributed by atoms with van der Waals surface area (Å²) in [7, 11) is 0. The summed E-state index contributed by atoms with van der Waals surface area (Å²) >= 11 is 0. The van der Waals surface area contributed by atoms with Crippen LogP contribution in [0.3, 0.4) is 0 Å². The number of nitrogens with one attached hydrogen (secondary N) is 1. The van der Waals surface area contributed by atoms with Crippen molar-refractivity contribution in [1.82, 2.24) is 9.99 Å². The van der Waals surface area contributed by atoms with Crippen molar-refractivity contribution in [2.75, 3.05) is 0 Å². The number of aryl methyl sites for hydroxylation is 1. The molecule has 0 saturated carbocycles. The van der Waals surface area contributed by atoms with E-state index in [2.05, 4.69) is 0 Å². The highest BCUT2D eigenvalue weighted by molar-refractivity contribution is 5.74. The maximum absolute atomic E-state index is 11.7. The second-order valence-corrected chi connectivity index (χ2v) is 4.03. The first kappa shape index (κ1) is 14.8. The van der Waals surface area contributed by atoms with Gasteiger partial charge in [-0.05, 0) is 18.9 Å². The number of pyridine rings is 1. The van der Waals surface area contributed by atoms with E-state index < -0.39 is 16.2 Å². The summed E-state index contributed by atoms with van der Waals surface area (Å²) in [6.07, 6.45) is 3.91. The number of carbonyl (C=O) groups is 1. The van der Waals surface area contributed by atoms with Crippen LogP contribution in [0.5, 0.6) is 0 Å². The Labute approximate surface area is 109 Å². The molecule has 0 radical (unpaired) electrons. The number of unbranched alkanes of at least 4 members (excludes halogenated alkanes) is 2. The quantitative estimate of drug-likeness (QED) is 0.242. The molecule has 8 heteroatoms. The SMILES string of the molecule is NNC(=O)CCCCCn1cccc([N+](=O)[O-])c1=O. The monoisotopic (exact) mass is 268 g/mol. The zero-order valence-electron chi connectivity index (χ0n) is 10.4. The molecule has 0 unspecified atom stereocenters. The fourth-order valence-electron chi connectivity index (χ4n) is 1.66. The van der Waals surface area contributed by atoms with Gasteiger partial charge >= 0.3 is 11.2 Å². The van der Waals surface area contributed by atoms with Gasteiger partial charge in [-0.3, -0.25) is 25.1 Å². The molecule has 0 fully saturated rings. The van der Waals surface area contributed by atoms with E-state index in [0.29, 0.717) is 25.8 Å². The van der Waals surface area contributed by atoms with Crippen LogP contribution in [0.1, 0.15) is 25.7 Å². The first-order valence-electron chi connectivity index (χ1n) is 5.89. The number of carbonyl (C=O) groups excluding carboxylic acids is 1. The number of hydrazine groups is 1. The minimum absolute atomic E-state index is 0.229. The van der Waals surface area contributed by atoms with Crippen LogP contribution in [0.2, 0.25) is 0 Å². The highest BCUT2D eigenvalue weighted by Crippen LogP contribution is 2.04. The Hall–Kier alpha value is -2.22. The van der Waals surface area contributed by atoms with Gasteiger partial charge in [-0.2, -0.15) is 0 Å². The largest absolute Gasteiger partial charge is 0.334 e. The maximum atomic E-state index is 11.7. The molecule has 0 aliphatic rings. The van der Waals surface area contributed by atoms with Crippen molar-refractivity contribution in [3.8, 4) is 0 Å². The number of nitrogens with zero attached hydrogens (tertiary/aromatic N) is 2. The summed E-state index contributed by atoms with van der Waals surface area (Å²) in [5, 5.41) is 10.6. The van der Waals surface area contributed by atoms with Gasteiger partial charge in [-0.1, -0.05) is 6.42 Å². The van der Waals surface area contributed by atoms with Crippen LogP contribution in [0.4, 0.5) is 5.69 Å². The lowest BCUT2D eigenvalue weighted by Gasteiger charge is -2.04. The number of nitro groups is 1. The first-order chi connectivity index (χ1) is 9.06. The van der Waals surface area contributed by atoms with Crippen molar-refractivity contribution < 1.29 is 9.72 Å². The van der Waals surface area contributed by atoms with Crippen molar-refractivity contribution in [1.29, 1.82) is 0 Å². The van der Waals surface area contributed by atoms with Gasteiger partial charge in [0.25, 0.3) is 0 Å². The average Bonchev–Trinajstić information content (AvgIpc) is 2.39. The molecule has 19 heavy (non-hydrogen) atoms. The Morgan fingerprint density at radius 2 is 2.16 bits per heavy atom. The molecule has 0 aromatic carbocycles. The van der Waals surface area contributed by atoms with E-state index in [0.717, 1.165) is 6.42 Å². The third kappa shape index (κ3) is 4.51. The molecule has 0 bridgehead atoms. The topological polar surface area (TPSA) is 120 Å². The van der Waals surface area contributed by atoms with Gasteiger partial charge < -0.3 is 4.57 Å². The van der Waals surface area contributed by atoms with E-state index in [4.69, 9.17) is 5.84 Å². The molecule has 3 N–H and O–H groups in total. The van der Waals surface area contributed by atoms with Crippen molar-refractivity contribution in [2.24, 2.45) is 5.84 Å². The van der Waals surface area contributed by atoms with Crippen LogP contribution in [0.25, 0.3) is 0 Å². The predicted molar refractivity (Wildman–Crippen MR) is 68.2 cm³/mol. The number of rotatable bonds is 7. The van der Waals surface area contributed by atoms with Gasteiger partial charge in [0.1, 0.15) is 0 Å². The molecule has 0 aliphatic heterocycles. The molecule has 1 rings (SSSR count). The van der Waals surface area contributed by atoms with Gasteiger partial charge in [0.15, 0.2) is 0 Å². The van der Waals surface area contributed by atoms with Gasteiger partial charge in [0.2, 0.25) is 5.91 Å². The summed E-state index contributed by atoms with van der Waals surface area (Å²) in [6.45, 7) is 0.394. The number of amides is 1. The number of hydrogen-bond donors (Lipinski definition) is 2. The van der Waals surface area contributed by atoms with Gasteiger partial charge in [-0.25, -0.2) is 5.84 Å². The summed E-state index contributed by atoms with van der Waals surface area (Å²) < 4.78 is 1.31. The summed E-state index contributed by atoms with van der Waals surface area (Å²) in [5.74, 6) is 4.70. The second kappa shape index (κ2) is 7.27. The molecule has 1 aromatic heterocycles. The normalized spacial score (nSPS) is 10.2. The summed E-state index contributed by atoms with van der Waals surface area (Å²) in [6, 6.07) is 2.66. The minimum Gasteiger partial charge on any atom is -0.310 e.